The molecular formula is C25H19BrFN3OS. The SMILES string of the molecule is Cc1ccc(-c2ccc([C@H]3[C@@H](c4ccccn4)NC(=S)N3c3ccc(F)cc3)o2)c(Br)c1. The number of hydrogen-bond acceptors (Lipinski definition) is 3. The average Bonchev–Trinajstić information content (AvgIpc) is 3.39. The van der Waals surface area contributed by atoms with Gasteiger partial charge in [0.2, 0.25) is 0 Å². The summed E-state index contributed by atoms with van der Waals surface area (Å²) in [6, 6.07) is 21.6. The van der Waals surface area contributed by atoms with Crippen molar-refractivity contribution in [2.45, 2.75) is 19.0 Å². The number of rotatable bonds is 4. The topological polar surface area (TPSA) is 41.3 Å². The van der Waals surface area contributed by atoms with E-state index in [-0.39, 0.29) is 17.9 Å². The summed E-state index contributed by atoms with van der Waals surface area (Å²) in [7, 11) is 0. The lowest BCUT2D eigenvalue weighted by atomic mass is 10.0. The first kappa shape index (κ1) is 20.8. The molecule has 1 N–H and O–H groups in total. The second-order valence-electron chi connectivity index (χ2n) is 7.66. The maximum atomic E-state index is 13.6. The zero-order valence-corrected chi connectivity index (χ0v) is 19.5. The maximum Gasteiger partial charge on any atom is 0.174 e. The molecule has 3 heterocycles. The van der Waals surface area contributed by atoms with Gasteiger partial charge in [-0.15, -0.1) is 0 Å². The first-order chi connectivity index (χ1) is 15.5. The largest absolute Gasteiger partial charge is 0.459 e. The number of hydrogen-bond donors (Lipinski definition) is 1. The summed E-state index contributed by atoms with van der Waals surface area (Å²) in [5, 5.41) is 3.92. The van der Waals surface area contributed by atoms with E-state index < -0.39 is 0 Å². The minimum Gasteiger partial charge on any atom is -0.459 e. The zero-order chi connectivity index (χ0) is 22.2. The molecule has 1 fully saturated rings. The third kappa shape index (κ3) is 3.82. The van der Waals surface area contributed by atoms with E-state index in [9.17, 15) is 4.39 Å². The summed E-state index contributed by atoms with van der Waals surface area (Å²) >= 11 is 9.33. The van der Waals surface area contributed by atoms with Gasteiger partial charge in [-0.25, -0.2) is 4.39 Å². The van der Waals surface area contributed by atoms with Gasteiger partial charge < -0.3 is 14.6 Å². The highest BCUT2D eigenvalue weighted by molar-refractivity contribution is 9.10. The maximum absolute atomic E-state index is 13.6. The summed E-state index contributed by atoms with van der Waals surface area (Å²) in [5.74, 6) is 1.19. The van der Waals surface area contributed by atoms with Crippen molar-refractivity contribution in [2.75, 3.05) is 4.90 Å². The first-order valence-corrected chi connectivity index (χ1v) is 11.3. The van der Waals surface area contributed by atoms with E-state index >= 15 is 0 Å². The number of pyridine rings is 1. The van der Waals surface area contributed by atoms with Crippen LogP contribution >= 0.6 is 28.1 Å². The fourth-order valence-corrected chi connectivity index (χ4v) is 5.03. The van der Waals surface area contributed by atoms with Gasteiger partial charge in [0.1, 0.15) is 23.4 Å². The van der Waals surface area contributed by atoms with Crippen molar-refractivity contribution in [2.24, 2.45) is 0 Å². The summed E-state index contributed by atoms with van der Waals surface area (Å²) in [5.41, 5.74) is 3.76. The molecule has 4 nitrogen and oxygen atoms in total. The van der Waals surface area contributed by atoms with Crippen LogP contribution in [0.2, 0.25) is 0 Å². The Labute approximate surface area is 199 Å². The molecule has 0 bridgehead atoms. The van der Waals surface area contributed by atoms with E-state index in [2.05, 4.69) is 38.4 Å². The van der Waals surface area contributed by atoms with E-state index in [1.54, 1.807) is 18.3 Å². The van der Waals surface area contributed by atoms with Crippen LogP contribution in [0.1, 0.15) is 29.1 Å². The van der Waals surface area contributed by atoms with Gasteiger partial charge in [-0.1, -0.05) is 28.1 Å². The van der Waals surface area contributed by atoms with Gasteiger partial charge >= 0.3 is 0 Å². The standard InChI is InChI=1S/C25H19BrFN3OS/c1-15-5-10-18(19(26)14-15)21-11-12-22(31-21)24-23(20-4-2-3-13-28-20)29-25(32)30(24)17-8-6-16(27)7-9-17/h2-14,23-24H,1H3,(H,29,32)/t23-,24+/m1/s1. The highest BCUT2D eigenvalue weighted by atomic mass is 79.9. The van der Waals surface area contributed by atoms with Crippen LogP contribution in [-0.4, -0.2) is 10.1 Å². The summed E-state index contributed by atoms with van der Waals surface area (Å²) in [4.78, 5) is 6.50. The molecule has 0 saturated carbocycles. The molecule has 2 aromatic carbocycles. The van der Waals surface area contributed by atoms with Crippen LogP contribution in [0.3, 0.4) is 0 Å². The van der Waals surface area contributed by atoms with Crippen LogP contribution in [0.4, 0.5) is 10.1 Å². The molecule has 0 aliphatic carbocycles. The van der Waals surface area contributed by atoms with Crippen molar-refractivity contribution in [1.29, 1.82) is 0 Å². The number of halogens is 2. The predicted molar refractivity (Wildman–Crippen MR) is 131 cm³/mol. The summed E-state index contributed by atoms with van der Waals surface area (Å²) < 4.78 is 20.9. The van der Waals surface area contributed by atoms with Crippen molar-refractivity contribution >= 4 is 38.9 Å². The van der Waals surface area contributed by atoms with Crippen molar-refractivity contribution in [3.8, 4) is 11.3 Å². The van der Waals surface area contributed by atoms with Crippen LogP contribution in [0, 0.1) is 12.7 Å². The number of aryl methyl sites for hydroxylation is 1. The Morgan fingerprint density at radius 2 is 1.88 bits per heavy atom. The van der Waals surface area contributed by atoms with E-state index in [0.717, 1.165) is 38.5 Å². The highest BCUT2D eigenvalue weighted by Crippen LogP contribution is 2.43. The van der Waals surface area contributed by atoms with Gasteiger partial charge in [-0.3, -0.25) is 4.98 Å². The second-order valence-corrected chi connectivity index (χ2v) is 8.90. The molecule has 7 heteroatoms. The van der Waals surface area contributed by atoms with Crippen molar-refractivity contribution in [3.63, 3.8) is 0 Å². The van der Waals surface area contributed by atoms with Gasteiger partial charge in [-0.2, -0.15) is 0 Å². The lowest BCUT2D eigenvalue weighted by Crippen LogP contribution is -2.29. The molecular weight excluding hydrogens is 489 g/mol. The van der Waals surface area contributed by atoms with Crippen LogP contribution in [0.15, 0.2) is 87.9 Å². The number of anilines is 1. The first-order valence-electron chi connectivity index (χ1n) is 10.1. The number of benzene rings is 2. The smallest absolute Gasteiger partial charge is 0.174 e. The molecule has 2 aromatic heterocycles. The fraction of sp³-hybridized carbons (Fsp3) is 0.120. The monoisotopic (exact) mass is 507 g/mol. The minimum atomic E-state index is -0.297. The molecule has 0 unspecified atom stereocenters. The molecule has 160 valence electrons. The Morgan fingerprint density at radius 1 is 1.06 bits per heavy atom. The number of thiocarbonyl (C=S) groups is 1. The molecule has 32 heavy (non-hydrogen) atoms. The lowest BCUT2D eigenvalue weighted by molar-refractivity contribution is 0.439. The normalized spacial score (nSPS) is 18.1. The van der Waals surface area contributed by atoms with E-state index in [1.807, 2.05) is 48.2 Å². The Bertz CT molecular complexity index is 1280. The Morgan fingerprint density at radius 3 is 2.59 bits per heavy atom. The van der Waals surface area contributed by atoms with Gasteiger partial charge in [0.05, 0.1) is 11.7 Å². The van der Waals surface area contributed by atoms with E-state index in [0.29, 0.717) is 5.11 Å². The average molecular weight is 508 g/mol. The molecule has 1 aliphatic heterocycles. The quantitative estimate of drug-likeness (QED) is 0.310. The molecule has 0 radical (unpaired) electrons. The van der Waals surface area contributed by atoms with Crippen LogP contribution in [0.25, 0.3) is 11.3 Å². The second kappa shape index (κ2) is 8.48. The third-order valence-electron chi connectivity index (χ3n) is 5.51. The molecule has 1 aliphatic rings. The molecule has 1 saturated heterocycles. The summed E-state index contributed by atoms with van der Waals surface area (Å²) in [6.45, 7) is 2.05. The van der Waals surface area contributed by atoms with E-state index in [1.165, 1.54) is 12.1 Å². The van der Waals surface area contributed by atoms with Gasteiger partial charge in [-0.05, 0) is 85.4 Å². The van der Waals surface area contributed by atoms with Gasteiger partial charge in [0.15, 0.2) is 5.11 Å². The van der Waals surface area contributed by atoms with Crippen molar-refractivity contribution in [3.05, 3.63) is 106 Å². The van der Waals surface area contributed by atoms with Crippen molar-refractivity contribution in [1.82, 2.24) is 10.3 Å². The van der Waals surface area contributed by atoms with Crippen molar-refractivity contribution < 1.29 is 8.81 Å². The Balaban J connectivity index is 1.60. The molecule has 5 rings (SSSR count). The number of aromatic nitrogens is 1. The number of nitrogens with one attached hydrogen (secondary N) is 1. The van der Waals surface area contributed by atoms with Crippen LogP contribution < -0.4 is 10.2 Å². The Kier molecular flexibility index (Phi) is 5.53. The molecule has 0 amide bonds. The van der Waals surface area contributed by atoms with E-state index in [4.69, 9.17) is 16.6 Å². The lowest BCUT2D eigenvalue weighted by Gasteiger charge is -2.26. The fourth-order valence-electron chi connectivity index (χ4n) is 4.00. The van der Waals surface area contributed by atoms with Crippen LogP contribution in [0.5, 0.6) is 0 Å². The molecule has 0 spiro atoms. The van der Waals surface area contributed by atoms with Crippen LogP contribution in [-0.2, 0) is 0 Å². The number of nitrogens with zero attached hydrogens (tertiary/aromatic N) is 2. The zero-order valence-electron chi connectivity index (χ0n) is 17.1. The number of furan rings is 1. The Hall–Kier alpha value is -3.03. The summed E-state index contributed by atoms with van der Waals surface area (Å²) in [6.07, 6.45) is 1.76. The van der Waals surface area contributed by atoms with Gasteiger partial charge in [0, 0.05) is 21.9 Å². The van der Waals surface area contributed by atoms with Gasteiger partial charge in [0.25, 0.3) is 0 Å². The predicted octanol–water partition coefficient (Wildman–Crippen LogP) is 6.73. The molecule has 4 aromatic rings. The minimum absolute atomic E-state index is 0.228. The third-order valence-corrected chi connectivity index (χ3v) is 6.48. The highest BCUT2D eigenvalue weighted by Gasteiger charge is 2.42. The molecule has 2 atom stereocenters.